The molecule has 0 radical (unpaired) electrons. The molecule has 1 aromatic carbocycles. The highest BCUT2D eigenvalue weighted by Gasteiger charge is 2.22. The number of amides is 1. The van der Waals surface area contributed by atoms with Crippen LogP contribution in [-0.2, 0) is 22.6 Å². The zero-order valence-corrected chi connectivity index (χ0v) is 15.1. The van der Waals surface area contributed by atoms with E-state index in [1.165, 1.54) is 5.56 Å². The highest BCUT2D eigenvalue weighted by molar-refractivity contribution is 5.76. The SMILES string of the molecule is COc1ccnc(CNC(=O)C[C@H]2CN(Cc3ccccc3)CCO2)c1. The van der Waals surface area contributed by atoms with Crippen LogP contribution in [0.5, 0.6) is 5.75 Å². The molecule has 1 aliphatic rings. The Kier molecular flexibility index (Phi) is 6.57. The number of hydrogen-bond donors (Lipinski definition) is 1. The number of methoxy groups -OCH3 is 1. The van der Waals surface area contributed by atoms with Crippen LogP contribution in [0.15, 0.2) is 48.7 Å². The van der Waals surface area contributed by atoms with Gasteiger partial charge in [0, 0.05) is 31.9 Å². The van der Waals surface area contributed by atoms with Gasteiger partial charge in [0.25, 0.3) is 0 Å². The van der Waals surface area contributed by atoms with E-state index in [2.05, 4.69) is 27.3 Å². The van der Waals surface area contributed by atoms with Gasteiger partial charge in [-0.05, 0) is 11.6 Å². The molecule has 0 saturated carbocycles. The standard InChI is InChI=1S/C20H25N3O3/c1-25-18-7-8-21-17(11-18)13-22-20(24)12-19-15-23(9-10-26-19)14-16-5-3-2-4-6-16/h2-8,11,19H,9-10,12-15H2,1H3,(H,22,24)/t19-/m0/s1. The van der Waals surface area contributed by atoms with Crippen LogP contribution in [-0.4, -0.2) is 48.7 Å². The van der Waals surface area contributed by atoms with E-state index in [4.69, 9.17) is 9.47 Å². The van der Waals surface area contributed by atoms with Crippen LogP contribution in [0.3, 0.4) is 0 Å². The van der Waals surface area contributed by atoms with Crippen LogP contribution < -0.4 is 10.1 Å². The minimum atomic E-state index is -0.0780. The monoisotopic (exact) mass is 355 g/mol. The maximum atomic E-state index is 12.2. The largest absolute Gasteiger partial charge is 0.497 e. The van der Waals surface area contributed by atoms with Crippen molar-refractivity contribution in [3.05, 3.63) is 59.9 Å². The lowest BCUT2D eigenvalue weighted by molar-refractivity contribution is -0.126. The smallest absolute Gasteiger partial charge is 0.222 e. The van der Waals surface area contributed by atoms with Gasteiger partial charge in [0.05, 0.1) is 38.5 Å². The second-order valence-corrected chi connectivity index (χ2v) is 6.38. The summed E-state index contributed by atoms with van der Waals surface area (Å²) in [6.07, 6.45) is 1.95. The van der Waals surface area contributed by atoms with Gasteiger partial charge in [0.1, 0.15) is 5.75 Å². The number of pyridine rings is 1. The van der Waals surface area contributed by atoms with Gasteiger partial charge in [-0.15, -0.1) is 0 Å². The van der Waals surface area contributed by atoms with Crippen LogP contribution in [0.2, 0.25) is 0 Å². The minimum Gasteiger partial charge on any atom is -0.497 e. The van der Waals surface area contributed by atoms with E-state index in [9.17, 15) is 4.79 Å². The Morgan fingerprint density at radius 3 is 3.00 bits per heavy atom. The van der Waals surface area contributed by atoms with Crippen LogP contribution >= 0.6 is 0 Å². The third-order valence-corrected chi connectivity index (χ3v) is 4.38. The van der Waals surface area contributed by atoms with E-state index >= 15 is 0 Å². The summed E-state index contributed by atoms with van der Waals surface area (Å²) < 4.78 is 10.9. The van der Waals surface area contributed by atoms with Crippen molar-refractivity contribution in [1.82, 2.24) is 15.2 Å². The number of nitrogens with zero attached hydrogens (tertiary/aromatic N) is 2. The molecule has 26 heavy (non-hydrogen) atoms. The first-order chi connectivity index (χ1) is 12.7. The first kappa shape index (κ1) is 18.4. The number of benzene rings is 1. The summed E-state index contributed by atoms with van der Waals surface area (Å²) in [6, 6.07) is 14.0. The molecule has 1 saturated heterocycles. The Bertz CT molecular complexity index is 708. The molecule has 6 nitrogen and oxygen atoms in total. The normalized spacial score (nSPS) is 17.7. The topological polar surface area (TPSA) is 63.7 Å². The number of carbonyl (C=O) groups excluding carboxylic acids is 1. The Balaban J connectivity index is 1.44. The number of hydrogen-bond acceptors (Lipinski definition) is 5. The lowest BCUT2D eigenvalue weighted by Crippen LogP contribution is -2.44. The van der Waals surface area contributed by atoms with Crippen molar-refractivity contribution in [3.63, 3.8) is 0 Å². The molecule has 1 aliphatic heterocycles. The molecule has 138 valence electrons. The summed E-state index contributed by atoms with van der Waals surface area (Å²) in [5.74, 6) is 0.706. The highest BCUT2D eigenvalue weighted by Crippen LogP contribution is 2.13. The number of carbonyl (C=O) groups is 1. The van der Waals surface area contributed by atoms with Crippen molar-refractivity contribution in [3.8, 4) is 5.75 Å². The minimum absolute atomic E-state index is 0.0267. The molecule has 0 unspecified atom stereocenters. The Labute approximate surface area is 154 Å². The molecule has 0 spiro atoms. The average Bonchev–Trinajstić information content (AvgIpc) is 2.68. The van der Waals surface area contributed by atoms with Crippen LogP contribution in [0.25, 0.3) is 0 Å². The van der Waals surface area contributed by atoms with Gasteiger partial charge in [-0.1, -0.05) is 30.3 Å². The first-order valence-electron chi connectivity index (χ1n) is 8.86. The van der Waals surface area contributed by atoms with E-state index in [1.807, 2.05) is 24.3 Å². The van der Waals surface area contributed by atoms with Crippen molar-refractivity contribution in [2.75, 3.05) is 26.8 Å². The van der Waals surface area contributed by atoms with E-state index in [0.717, 1.165) is 31.1 Å². The fraction of sp³-hybridized carbons (Fsp3) is 0.400. The predicted molar refractivity (Wildman–Crippen MR) is 98.7 cm³/mol. The van der Waals surface area contributed by atoms with Gasteiger partial charge in [0.2, 0.25) is 5.91 Å². The predicted octanol–water partition coefficient (Wildman–Crippen LogP) is 2.00. The van der Waals surface area contributed by atoms with E-state index < -0.39 is 0 Å². The lowest BCUT2D eigenvalue weighted by atomic mass is 10.1. The Morgan fingerprint density at radius 2 is 2.19 bits per heavy atom. The van der Waals surface area contributed by atoms with Crippen LogP contribution in [0.4, 0.5) is 0 Å². The van der Waals surface area contributed by atoms with Crippen molar-refractivity contribution in [1.29, 1.82) is 0 Å². The highest BCUT2D eigenvalue weighted by atomic mass is 16.5. The van der Waals surface area contributed by atoms with E-state index in [1.54, 1.807) is 19.4 Å². The molecule has 1 N–H and O–H groups in total. The third-order valence-electron chi connectivity index (χ3n) is 4.38. The molecular formula is C20H25N3O3. The van der Waals surface area contributed by atoms with Crippen LogP contribution in [0.1, 0.15) is 17.7 Å². The summed E-state index contributed by atoms with van der Waals surface area (Å²) in [6.45, 7) is 3.58. The molecule has 1 aromatic heterocycles. The zero-order chi connectivity index (χ0) is 18.2. The third kappa shape index (κ3) is 5.54. The van der Waals surface area contributed by atoms with Gasteiger partial charge in [0.15, 0.2) is 0 Å². The molecule has 2 aromatic rings. The first-order valence-corrected chi connectivity index (χ1v) is 8.86. The summed E-state index contributed by atoms with van der Waals surface area (Å²) >= 11 is 0. The van der Waals surface area contributed by atoms with E-state index in [0.29, 0.717) is 19.6 Å². The molecule has 1 fully saturated rings. The molecule has 0 aliphatic carbocycles. The van der Waals surface area contributed by atoms with Gasteiger partial charge >= 0.3 is 0 Å². The molecule has 3 rings (SSSR count). The molecular weight excluding hydrogens is 330 g/mol. The maximum Gasteiger partial charge on any atom is 0.222 e. The zero-order valence-electron chi connectivity index (χ0n) is 15.1. The Morgan fingerprint density at radius 1 is 1.35 bits per heavy atom. The molecule has 2 heterocycles. The summed E-state index contributed by atoms with van der Waals surface area (Å²) in [7, 11) is 1.61. The van der Waals surface area contributed by atoms with Crippen molar-refractivity contribution < 1.29 is 14.3 Å². The number of rotatable bonds is 7. The van der Waals surface area contributed by atoms with Crippen molar-refractivity contribution in [2.45, 2.75) is 25.6 Å². The quantitative estimate of drug-likeness (QED) is 0.823. The number of ether oxygens (including phenoxy) is 2. The number of nitrogens with one attached hydrogen (secondary N) is 1. The summed E-state index contributed by atoms with van der Waals surface area (Å²) in [4.78, 5) is 18.8. The Hall–Kier alpha value is -2.44. The van der Waals surface area contributed by atoms with Gasteiger partial charge in [-0.25, -0.2) is 0 Å². The molecule has 0 bridgehead atoms. The molecule has 6 heteroatoms. The lowest BCUT2D eigenvalue weighted by Gasteiger charge is -2.32. The summed E-state index contributed by atoms with van der Waals surface area (Å²) in [5.41, 5.74) is 2.05. The fourth-order valence-electron chi connectivity index (χ4n) is 3.04. The summed E-state index contributed by atoms with van der Waals surface area (Å²) in [5, 5.41) is 2.91. The van der Waals surface area contributed by atoms with Crippen molar-refractivity contribution >= 4 is 5.91 Å². The number of morpholine rings is 1. The second-order valence-electron chi connectivity index (χ2n) is 6.38. The maximum absolute atomic E-state index is 12.2. The van der Waals surface area contributed by atoms with Gasteiger partial charge in [-0.3, -0.25) is 14.7 Å². The second kappa shape index (κ2) is 9.31. The fourth-order valence-corrected chi connectivity index (χ4v) is 3.04. The molecule has 1 amide bonds. The van der Waals surface area contributed by atoms with Crippen molar-refractivity contribution in [2.24, 2.45) is 0 Å². The molecule has 1 atom stereocenters. The van der Waals surface area contributed by atoms with E-state index in [-0.39, 0.29) is 12.0 Å². The average molecular weight is 355 g/mol. The number of aromatic nitrogens is 1. The van der Waals surface area contributed by atoms with Gasteiger partial charge in [-0.2, -0.15) is 0 Å². The van der Waals surface area contributed by atoms with Crippen LogP contribution in [0, 0.1) is 0 Å². The van der Waals surface area contributed by atoms with Gasteiger partial charge < -0.3 is 14.8 Å².